The van der Waals surface area contributed by atoms with Gasteiger partial charge in [0.15, 0.2) is 0 Å². The van der Waals surface area contributed by atoms with E-state index in [1.54, 1.807) is 0 Å². The summed E-state index contributed by atoms with van der Waals surface area (Å²) in [6, 6.07) is 0.817. The van der Waals surface area contributed by atoms with Crippen LogP contribution in [0.4, 0.5) is 0 Å². The standard InChI is InChI=1S/C12H24N2O/c1-9(8-13)7-12(15)14-10(2)5-4-6-11(14)3/h9-11H,4-8,13H2,1-3H3/t9?,10-,11+. The maximum Gasteiger partial charge on any atom is 0.223 e. The molecule has 1 fully saturated rings. The van der Waals surface area contributed by atoms with E-state index < -0.39 is 0 Å². The number of carbonyl (C=O) groups excluding carboxylic acids is 1. The smallest absolute Gasteiger partial charge is 0.223 e. The van der Waals surface area contributed by atoms with Crippen LogP contribution in [-0.2, 0) is 4.79 Å². The second kappa shape index (κ2) is 5.50. The van der Waals surface area contributed by atoms with Crippen LogP contribution in [0.15, 0.2) is 0 Å². The molecule has 15 heavy (non-hydrogen) atoms. The van der Waals surface area contributed by atoms with Crippen molar-refractivity contribution < 1.29 is 4.79 Å². The van der Waals surface area contributed by atoms with Crippen LogP contribution in [-0.4, -0.2) is 29.4 Å². The van der Waals surface area contributed by atoms with Gasteiger partial charge in [-0.05, 0) is 45.6 Å². The predicted molar refractivity (Wildman–Crippen MR) is 62.5 cm³/mol. The van der Waals surface area contributed by atoms with Crippen LogP contribution >= 0.6 is 0 Å². The molecule has 1 aliphatic rings. The molecule has 0 spiro atoms. The molecule has 0 aromatic heterocycles. The largest absolute Gasteiger partial charge is 0.337 e. The van der Waals surface area contributed by atoms with Crippen LogP contribution in [0, 0.1) is 5.92 Å². The maximum atomic E-state index is 12.1. The van der Waals surface area contributed by atoms with Crippen LogP contribution < -0.4 is 5.73 Å². The third kappa shape index (κ3) is 3.20. The minimum absolute atomic E-state index is 0.285. The molecule has 3 atom stereocenters. The summed E-state index contributed by atoms with van der Waals surface area (Å²) in [5.41, 5.74) is 5.55. The molecule has 1 rings (SSSR count). The van der Waals surface area contributed by atoms with E-state index in [1.165, 1.54) is 6.42 Å². The lowest BCUT2D eigenvalue weighted by Gasteiger charge is -2.39. The van der Waals surface area contributed by atoms with E-state index in [0.29, 0.717) is 31.0 Å². The molecule has 1 amide bonds. The molecule has 0 radical (unpaired) electrons. The van der Waals surface area contributed by atoms with Crippen molar-refractivity contribution in [1.82, 2.24) is 4.90 Å². The van der Waals surface area contributed by atoms with Crippen molar-refractivity contribution in [2.45, 2.75) is 58.5 Å². The second-order valence-electron chi connectivity index (χ2n) is 4.97. The first-order chi connectivity index (χ1) is 7.06. The predicted octanol–water partition coefficient (Wildman–Crippen LogP) is 1.76. The summed E-state index contributed by atoms with van der Waals surface area (Å²) in [5, 5.41) is 0. The summed E-state index contributed by atoms with van der Waals surface area (Å²) in [4.78, 5) is 14.1. The molecule has 1 saturated heterocycles. The molecule has 0 aromatic carbocycles. The Morgan fingerprint density at radius 3 is 2.40 bits per heavy atom. The first-order valence-electron chi connectivity index (χ1n) is 6.07. The van der Waals surface area contributed by atoms with Crippen LogP contribution in [0.25, 0.3) is 0 Å². The molecule has 0 aliphatic carbocycles. The minimum Gasteiger partial charge on any atom is -0.337 e. The van der Waals surface area contributed by atoms with Gasteiger partial charge in [0.1, 0.15) is 0 Å². The fraction of sp³-hybridized carbons (Fsp3) is 0.917. The number of rotatable bonds is 3. The van der Waals surface area contributed by atoms with Crippen LogP contribution in [0.5, 0.6) is 0 Å². The summed E-state index contributed by atoms with van der Waals surface area (Å²) in [6.07, 6.45) is 4.14. The van der Waals surface area contributed by atoms with E-state index in [2.05, 4.69) is 18.7 Å². The Morgan fingerprint density at radius 2 is 1.93 bits per heavy atom. The molecule has 0 saturated carbocycles. The summed E-state index contributed by atoms with van der Waals surface area (Å²) in [7, 11) is 0. The molecule has 2 N–H and O–H groups in total. The fourth-order valence-corrected chi connectivity index (χ4v) is 2.40. The van der Waals surface area contributed by atoms with E-state index in [-0.39, 0.29) is 5.91 Å². The number of amides is 1. The first-order valence-corrected chi connectivity index (χ1v) is 6.07. The molecular formula is C12H24N2O. The summed E-state index contributed by atoms with van der Waals surface area (Å²) in [6.45, 7) is 6.95. The Bertz CT molecular complexity index is 208. The molecule has 1 aliphatic heterocycles. The highest BCUT2D eigenvalue weighted by Crippen LogP contribution is 2.23. The van der Waals surface area contributed by atoms with Crippen molar-refractivity contribution >= 4 is 5.91 Å². The lowest BCUT2D eigenvalue weighted by atomic mass is 9.96. The minimum atomic E-state index is 0.285. The number of hydrogen-bond acceptors (Lipinski definition) is 2. The van der Waals surface area contributed by atoms with Crippen molar-refractivity contribution in [1.29, 1.82) is 0 Å². The molecule has 3 nitrogen and oxygen atoms in total. The Labute approximate surface area is 93.0 Å². The van der Waals surface area contributed by atoms with E-state index in [4.69, 9.17) is 5.73 Å². The number of likely N-dealkylation sites (tertiary alicyclic amines) is 1. The average molecular weight is 212 g/mol. The quantitative estimate of drug-likeness (QED) is 0.775. The van der Waals surface area contributed by atoms with Gasteiger partial charge in [-0.15, -0.1) is 0 Å². The Morgan fingerprint density at radius 1 is 1.40 bits per heavy atom. The summed E-state index contributed by atoms with van der Waals surface area (Å²) < 4.78 is 0. The molecular weight excluding hydrogens is 188 g/mol. The highest BCUT2D eigenvalue weighted by Gasteiger charge is 2.28. The van der Waals surface area contributed by atoms with E-state index in [1.807, 2.05) is 6.92 Å². The number of hydrogen-bond donors (Lipinski definition) is 1. The Kier molecular flexibility index (Phi) is 4.58. The SMILES string of the molecule is CC(CN)CC(=O)N1[C@H](C)CCC[C@@H]1C. The van der Waals surface area contributed by atoms with E-state index >= 15 is 0 Å². The third-order valence-corrected chi connectivity index (χ3v) is 3.41. The van der Waals surface area contributed by atoms with Gasteiger partial charge in [-0.25, -0.2) is 0 Å². The van der Waals surface area contributed by atoms with Crippen LogP contribution in [0.1, 0.15) is 46.5 Å². The van der Waals surface area contributed by atoms with Crippen LogP contribution in [0.3, 0.4) is 0 Å². The van der Waals surface area contributed by atoms with Gasteiger partial charge in [0.2, 0.25) is 5.91 Å². The van der Waals surface area contributed by atoms with Gasteiger partial charge in [0.05, 0.1) is 0 Å². The lowest BCUT2D eigenvalue weighted by molar-refractivity contribution is -0.138. The second-order valence-corrected chi connectivity index (χ2v) is 4.97. The van der Waals surface area contributed by atoms with Gasteiger partial charge < -0.3 is 10.6 Å². The fourth-order valence-electron chi connectivity index (χ4n) is 2.40. The van der Waals surface area contributed by atoms with Gasteiger partial charge >= 0.3 is 0 Å². The molecule has 0 bridgehead atoms. The zero-order valence-corrected chi connectivity index (χ0v) is 10.2. The number of nitrogens with zero attached hydrogens (tertiary/aromatic N) is 1. The molecule has 1 unspecified atom stereocenters. The Hall–Kier alpha value is -0.570. The zero-order chi connectivity index (χ0) is 11.4. The lowest BCUT2D eigenvalue weighted by Crippen LogP contribution is -2.48. The number of nitrogens with two attached hydrogens (primary N) is 1. The monoisotopic (exact) mass is 212 g/mol. The summed E-state index contributed by atoms with van der Waals surface area (Å²) >= 11 is 0. The van der Waals surface area contributed by atoms with Crippen molar-refractivity contribution in [2.24, 2.45) is 11.7 Å². The summed E-state index contributed by atoms with van der Waals surface area (Å²) in [5.74, 6) is 0.589. The normalized spacial score (nSPS) is 28.9. The van der Waals surface area contributed by atoms with Gasteiger partial charge in [0, 0.05) is 18.5 Å². The van der Waals surface area contributed by atoms with E-state index in [0.717, 1.165) is 12.8 Å². The van der Waals surface area contributed by atoms with Gasteiger partial charge in [-0.1, -0.05) is 6.92 Å². The van der Waals surface area contributed by atoms with E-state index in [9.17, 15) is 4.79 Å². The molecule has 1 heterocycles. The highest BCUT2D eigenvalue weighted by molar-refractivity contribution is 5.77. The van der Waals surface area contributed by atoms with Gasteiger partial charge in [-0.3, -0.25) is 4.79 Å². The highest BCUT2D eigenvalue weighted by atomic mass is 16.2. The van der Waals surface area contributed by atoms with Crippen molar-refractivity contribution in [2.75, 3.05) is 6.54 Å². The van der Waals surface area contributed by atoms with Gasteiger partial charge in [0.25, 0.3) is 0 Å². The first kappa shape index (κ1) is 12.5. The van der Waals surface area contributed by atoms with Gasteiger partial charge in [-0.2, -0.15) is 0 Å². The molecule has 0 aromatic rings. The van der Waals surface area contributed by atoms with Crippen LogP contribution in [0.2, 0.25) is 0 Å². The average Bonchev–Trinajstić information content (AvgIpc) is 2.17. The number of carbonyl (C=O) groups is 1. The molecule has 88 valence electrons. The molecule has 3 heteroatoms. The zero-order valence-electron chi connectivity index (χ0n) is 10.2. The third-order valence-electron chi connectivity index (χ3n) is 3.41. The maximum absolute atomic E-state index is 12.1. The van der Waals surface area contributed by atoms with Crippen molar-refractivity contribution in [3.8, 4) is 0 Å². The number of piperidine rings is 1. The van der Waals surface area contributed by atoms with Crippen molar-refractivity contribution in [3.05, 3.63) is 0 Å². The van der Waals surface area contributed by atoms with Crippen molar-refractivity contribution in [3.63, 3.8) is 0 Å². The topological polar surface area (TPSA) is 46.3 Å². The Balaban J connectivity index is 2.55.